The van der Waals surface area contributed by atoms with Crippen LogP contribution in [-0.2, 0) is 6.18 Å². The molecule has 22 heavy (non-hydrogen) atoms. The molecule has 2 rings (SSSR count). The average molecular weight is 310 g/mol. The van der Waals surface area contributed by atoms with E-state index in [9.17, 15) is 27.9 Å². The number of carboxylic acids is 1. The van der Waals surface area contributed by atoms with Crippen LogP contribution < -0.4 is 0 Å². The van der Waals surface area contributed by atoms with Gasteiger partial charge in [-0.2, -0.15) is 13.2 Å². The minimum Gasteiger partial charge on any atom is -0.507 e. The zero-order chi connectivity index (χ0) is 16.5. The molecule has 0 spiro atoms. The first-order valence-corrected chi connectivity index (χ1v) is 5.99. The van der Waals surface area contributed by atoms with Crippen LogP contribution in [0, 0.1) is 0 Å². The van der Waals surface area contributed by atoms with Gasteiger partial charge in [-0.1, -0.05) is 30.3 Å². The zero-order valence-electron chi connectivity index (χ0n) is 10.9. The number of hydrogen-bond donors (Lipinski definition) is 2. The molecule has 114 valence electrons. The number of carbonyl (C=O) groups excluding carboxylic acids is 1. The lowest BCUT2D eigenvalue weighted by Crippen LogP contribution is -2.15. The summed E-state index contributed by atoms with van der Waals surface area (Å²) in [6.07, 6.45) is -4.91. The van der Waals surface area contributed by atoms with E-state index in [0.29, 0.717) is 6.07 Å². The van der Waals surface area contributed by atoms with Crippen molar-refractivity contribution in [3.63, 3.8) is 0 Å². The van der Waals surface area contributed by atoms with Crippen LogP contribution in [0.4, 0.5) is 13.2 Å². The van der Waals surface area contributed by atoms with Crippen molar-refractivity contribution in [1.82, 2.24) is 0 Å². The van der Waals surface area contributed by atoms with E-state index < -0.39 is 40.4 Å². The summed E-state index contributed by atoms with van der Waals surface area (Å²) in [5.41, 5.74) is -3.00. The Morgan fingerprint density at radius 1 is 0.955 bits per heavy atom. The number of carbonyl (C=O) groups is 2. The van der Waals surface area contributed by atoms with E-state index in [4.69, 9.17) is 5.11 Å². The summed E-state index contributed by atoms with van der Waals surface area (Å²) in [4.78, 5) is 23.2. The van der Waals surface area contributed by atoms with E-state index >= 15 is 0 Å². The monoisotopic (exact) mass is 310 g/mol. The quantitative estimate of drug-likeness (QED) is 0.853. The summed E-state index contributed by atoms with van der Waals surface area (Å²) < 4.78 is 39.1. The molecular weight excluding hydrogens is 301 g/mol. The zero-order valence-corrected chi connectivity index (χ0v) is 10.9. The number of carboxylic acid groups (broad SMARTS) is 1. The van der Waals surface area contributed by atoms with Gasteiger partial charge in [-0.25, -0.2) is 4.79 Å². The molecule has 0 heterocycles. The number of phenols is 1. The fraction of sp³-hybridized carbons (Fsp3) is 0.0667. The Morgan fingerprint density at radius 2 is 1.55 bits per heavy atom. The highest BCUT2D eigenvalue weighted by Gasteiger charge is 2.37. The maximum absolute atomic E-state index is 13.0. The van der Waals surface area contributed by atoms with Gasteiger partial charge in [-0.3, -0.25) is 4.79 Å². The van der Waals surface area contributed by atoms with E-state index in [2.05, 4.69) is 0 Å². The van der Waals surface area contributed by atoms with Crippen LogP contribution in [0.3, 0.4) is 0 Å². The third kappa shape index (κ3) is 2.93. The van der Waals surface area contributed by atoms with Crippen molar-refractivity contribution < 1.29 is 33.0 Å². The van der Waals surface area contributed by atoms with Crippen molar-refractivity contribution in [3.8, 4) is 5.75 Å². The van der Waals surface area contributed by atoms with E-state index in [1.54, 1.807) is 6.07 Å². The van der Waals surface area contributed by atoms with Gasteiger partial charge < -0.3 is 10.2 Å². The molecule has 0 aliphatic carbocycles. The Balaban J connectivity index is 2.69. The maximum Gasteiger partial charge on any atom is 0.417 e. The predicted molar refractivity (Wildman–Crippen MR) is 69.9 cm³/mol. The lowest BCUT2D eigenvalue weighted by atomic mass is 9.95. The highest BCUT2D eigenvalue weighted by molar-refractivity contribution is 6.11. The lowest BCUT2D eigenvalue weighted by Gasteiger charge is -2.14. The molecule has 0 amide bonds. The summed E-state index contributed by atoms with van der Waals surface area (Å²) in [7, 11) is 0. The Morgan fingerprint density at radius 3 is 2.05 bits per heavy atom. The molecule has 0 radical (unpaired) electrons. The number of aromatic carboxylic acids is 1. The Labute approximate surface area is 122 Å². The van der Waals surface area contributed by atoms with Gasteiger partial charge in [0.1, 0.15) is 11.3 Å². The minimum absolute atomic E-state index is 0.0185. The van der Waals surface area contributed by atoms with Crippen molar-refractivity contribution >= 4 is 11.8 Å². The highest BCUT2D eigenvalue weighted by atomic mass is 19.4. The second-order valence-electron chi connectivity index (χ2n) is 4.41. The molecule has 2 aromatic rings. The number of halogens is 3. The van der Waals surface area contributed by atoms with Gasteiger partial charge in [-0.15, -0.1) is 0 Å². The first-order chi connectivity index (χ1) is 10.2. The van der Waals surface area contributed by atoms with Gasteiger partial charge >= 0.3 is 12.1 Å². The lowest BCUT2D eigenvalue weighted by molar-refractivity contribution is -0.138. The Kier molecular flexibility index (Phi) is 3.90. The van der Waals surface area contributed by atoms with E-state index in [-0.39, 0.29) is 11.6 Å². The maximum atomic E-state index is 13.0. The number of alkyl halides is 3. The van der Waals surface area contributed by atoms with Crippen LogP contribution in [-0.4, -0.2) is 22.0 Å². The molecule has 0 aliphatic heterocycles. The largest absolute Gasteiger partial charge is 0.507 e. The molecule has 0 aliphatic rings. The van der Waals surface area contributed by atoms with Crippen LogP contribution >= 0.6 is 0 Å². The first kappa shape index (κ1) is 15.6. The van der Waals surface area contributed by atoms with Crippen LogP contribution in [0.1, 0.15) is 31.8 Å². The predicted octanol–water partition coefficient (Wildman–Crippen LogP) is 3.34. The number of aromatic hydroxyl groups is 1. The van der Waals surface area contributed by atoms with Crippen molar-refractivity contribution in [1.29, 1.82) is 0 Å². The SMILES string of the molecule is O=C(O)c1cc(C(=O)c2ccccc2)c(C(F)(F)F)cc1O. The van der Waals surface area contributed by atoms with Crippen molar-refractivity contribution in [2.24, 2.45) is 0 Å². The smallest absolute Gasteiger partial charge is 0.417 e. The van der Waals surface area contributed by atoms with Gasteiger partial charge in [-0.05, 0) is 12.1 Å². The number of hydrogen-bond acceptors (Lipinski definition) is 3. The molecule has 0 unspecified atom stereocenters. The average Bonchev–Trinajstić information content (AvgIpc) is 2.46. The summed E-state index contributed by atoms with van der Waals surface area (Å²) in [5.74, 6) is -3.66. The molecule has 2 aromatic carbocycles. The molecule has 0 atom stereocenters. The Hall–Kier alpha value is -2.83. The molecule has 0 fully saturated rings. The fourth-order valence-corrected chi connectivity index (χ4v) is 1.93. The second kappa shape index (κ2) is 5.51. The third-order valence-electron chi connectivity index (χ3n) is 2.95. The van der Waals surface area contributed by atoms with Crippen molar-refractivity contribution in [2.75, 3.05) is 0 Å². The topological polar surface area (TPSA) is 74.6 Å². The standard InChI is InChI=1S/C15H9F3O4/c16-15(17,18)11-7-12(19)10(14(21)22)6-9(11)13(20)8-4-2-1-3-5-8/h1-7,19H,(H,21,22). The number of ketones is 1. The van der Waals surface area contributed by atoms with Gasteiger partial charge in [0, 0.05) is 11.1 Å². The second-order valence-corrected chi connectivity index (χ2v) is 4.41. The molecule has 0 bridgehead atoms. The molecular formula is C15H9F3O4. The number of rotatable bonds is 3. The molecule has 0 saturated heterocycles. The third-order valence-corrected chi connectivity index (χ3v) is 2.95. The van der Waals surface area contributed by atoms with Crippen molar-refractivity contribution in [2.45, 2.75) is 6.18 Å². The molecule has 7 heteroatoms. The molecule has 4 nitrogen and oxygen atoms in total. The first-order valence-electron chi connectivity index (χ1n) is 5.99. The van der Waals surface area contributed by atoms with Gasteiger partial charge in [0.15, 0.2) is 5.78 Å². The van der Waals surface area contributed by atoms with Gasteiger partial charge in [0.05, 0.1) is 5.56 Å². The van der Waals surface area contributed by atoms with E-state index in [0.717, 1.165) is 0 Å². The Bertz CT molecular complexity index is 736. The summed E-state index contributed by atoms with van der Waals surface area (Å²) in [6.45, 7) is 0. The molecule has 0 aromatic heterocycles. The minimum atomic E-state index is -4.91. The van der Waals surface area contributed by atoms with Gasteiger partial charge in [0.2, 0.25) is 0 Å². The van der Waals surface area contributed by atoms with E-state index in [1.165, 1.54) is 24.3 Å². The van der Waals surface area contributed by atoms with Gasteiger partial charge in [0.25, 0.3) is 0 Å². The summed E-state index contributed by atoms with van der Waals surface area (Å²) >= 11 is 0. The molecule has 2 N–H and O–H groups in total. The van der Waals surface area contributed by atoms with Crippen LogP contribution in [0.15, 0.2) is 42.5 Å². The normalized spacial score (nSPS) is 11.2. The van der Waals surface area contributed by atoms with Crippen LogP contribution in [0.2, 0.25) is 0 Å². The fourth-order valence-electron chi connectivity index (χ4n) is 1.93. The summed E-state index contributed by atoms with van der Waals surface area (Å²) in [5, 5.41) is 18.3. The van der Waals surface area contributed by atoms with E-state index in [1.807, 2.05) is 0 Å². The van der Waals surface area contributed by atoms with Crippen LogP contribution in [0.25, 0.3) is 0 Å². The highest BCUT2D eigenvalue weighted by Crippen LogP contribution is 2.36. The van der Waals surface area contributed by atoms with Crippen molar-refractivity contribution in [3.05, 3.63) is 64.7 Å². The molecule has 0 saturated carbocycles. The number of benzene rings is 2. The van der Waals surface area contributed by atoms with Crippen LogP contribution in [0.5, 0.6) is 5.75 Å². The summed E-state index contributed by atoms with van der Waals surface area (Å²) in [6, 6.07) is 7.94.